The van der Waals surface area contributed by atoms with Gasteiger partial charge in [-0.25, -0.2) is 0 Å². The Bertz CT molecular complexity index is 204. The molecule has 0 spiro atoms. The van der Waals surface area contributed by atoms with E-state index in [-0.39, 0.29) is 0 Å². The van der Waals surface area contributed by atoms with E-state index in [1.54, 1.807) is 11.1 Å². The summed E-state index contributed by atoms with van der Waals surface area (Å²) in [5.74, 6) is 0.860. The third-order valence-electron chi connectivity index (χ3n) is 3.54. The fraction of sp³-hybridized carbons (Fsp3) is 0.875. The van der Waals surface area contributed by atoms with Crippen LogP contribution in [-0.2, 0) is 0 Å². The van der Waals surface area contributed by atoms with Crippen molar-refractivity contribution in [2.75, 3.05) is 13.6 Å². The Morgan fingerprint density at radius 3 is 2.00 bits per heavy atom. The van der Waals surface area contributed by atoms with Crippen molar-refractivity contribution in [3.05, 3.63) is 11.1 Å². The van der Waals surface area contributed by atoms with Gasteiger partial charge < -0.3 is 5.32 Å². The van der Waals surface area contributed by atoms with Crippen LogP contribution in [0.15, 0.2) is 11.1 Å². The largest absolute Gasteiger partial charge is 0.319 e. The van der Waals surface area contributed by atoms with Crippen LogP contribution >= 0.6 is 0 Å². The Morgan fingerprint density at radius 1 is 0.941 bits per heavy atom. The van der Waals surface area contributed by atoms with E-state index in [0.29, 0.717) is 0 Å². The number of hydrogen-bond donors (Lipinski definition) is 1. The maximum absolute atomic E-state index is 3.26. The highest BCUT2D eigenvalue weighted by molar-refractivity contribution is 5.14. The molecular weight excluding hydrogens is 206 g/mol. The van der Waals surface area contributed by atoms with Gasteiger partial charge in [-0.2, -0.15) is 0 Å². The molecule has 0 saturated heterocycles. The molecule has 0 fully saturated rings. The Labute approximate surface area is 109 Å². The zero-order chi connectivity index (χ0) is 13.1. The normalized spacial score (nSPS) is 13.1. The van der Waals surface area contributed by atoms with Crippen LogP contribution in [0.1, 0.15) is 72.6 Å². The first-order chi connectivity index (χ1) is 8.15. The van der Waals surface area contributed by atoms with Gasteiger partial charge in [-0.05, 0) is 51.6 Å². The van der Waals surface area contributed by atoms with E-state index in [9.17, 15) is 0 Å². The molecule has 0 aliphatic heterocycles. The minimum atomic E-state index is 0.860. The van der Waals surface area contributed by atoms with E-state index in [1.807, 2.05) is 7.05 Å². The van der Waals surface area contributed by atoms with Crippen molar-refractivity contribution in [2.45, 2.75) is 72.6 Å². The first kappa shape index (κ1) is 16.7. The summed E-state index contributed by atoms with van der Waals surface area (Å²) in [7, 11) is 2.04. The topological polar surface area (TPSA) is 12.0 Å². The van der Waals surface area contributed by atoms with Crippen molar-refractivity contribution in [2.24, 2.45) is 5.92 Å². The van der Waals surface area contributed by atoms with Gasteiger partial charge in [-0.1, -0.05) is 51.7 Å². The van der Waals surface area contributed by atoms with Crippen LogP contribution in [0.25, 0.3) is 0 Å². The maximum atomic E-state index is 3.26. The summed E-state index contributed by atoms with van der Waals surface area (Å²) in [5, 5.41) is 3.26. The Kier molecular flexibility index (Phi) is 10.6. The van der Waals surface area contributed by atoms with E-state index < -0.39 is 0 Å². The molecular formula is C16H33N. The van der Waals surface area contributed by atoms with Gasteiger partial charge in [0.15, 0.2) is 0 Å². The van der Waals surface area contributed by atoms with Gasteiger partial charge in [-0.15, -0.1) is 0 Å². The lowest BCUT2D eigenvalue weighted by molar-refractivity contribution is 0.534. The smallest absolute Gasteiger partial charge is 0.00145 e. The third kappa shape index (κ3) is 8.43. The first-order valence-electron chi connectivity index (χ1n) is 7.49. The summed E-state index contributed by atoms with van der Waals surface area (Å²) in [6.45, 7) is 10.4. The van der Waals surface area contributed by atoms with Crippen LogP contribution in [0.4, 0.5) is 0 Å². The molecule has 0 aromatic carbocycles. The second kappa shape index (κ2) is 10.8. The Morgan fingerprint density at radius 2 is 1.53 bits per heavy atom. The number of hydrogen-bond acceptors (Lipinski definition) is 1. The van der Waals surface area contributed by atoms with Crippen molar-refractivity contribution >= 4 is 0 Å². The minimum Gasteiger partial charge on any atom is -0.319 e. The standard InChI is InChI=1S/C16H33N/c1-6-15(11-9-8-10-14(3)4)16(7-2)12-13-17-5/h14,17H,6-13H2,1-5H3/b16-15+. The van der Waals surface area contributed by atoms with E-state index in [4.69, 9.17) is 0 Å². The molecule has 0 rings (SSSR count). The zero-order valence-corrected chi connectivity index (χ0v) is 12.7. The highest BCUT2D eigenvalue weighted by atomic mass is 14.8. The molecule has 0 radical (unpaired) electrons. The molecule has 0 aliphatic carbocycles. The van der Waals surface area contributed by atoms with Gasteiger partial charge in [0, 0.05) is 0 Å². The molecule has 1 heteroatoms. The molecule has 0 aliphatic rings. The van der Waals surface area contributed by atoms with Gasteiger partial charge in [0.25, 0.3) is 0 Å². The summed E-state index contributed by atoms with van der Waals surface area (Å²) >= 11 is 0. The lowest BCUT2D eigenvalue weighted by atomic mass is 9.94. The molecule has 0 amide bonds. The Hall–Kier alpha value is -0.300. The van der Waals surface area contributed by atoms with E-state index in [0.717, 1.165) is 12.5 Å². The maximum Gasteiger partial charge on any atom is -0.00145 e. The molecule has 0 atom stereocenters. The van der Waals surface area contributed by atoms with Crippen LogP contribution in [-0.4, -0.2) is 13.6 Å². The number of unbranched alkanes of at least 4 members (excludes halogenated alkanes) is 1. The number of nitrogens with one attached hydrogen (secondary N) is 1. The lowest BCUT2D eigenvalue weighted by Crippen LogP contribution is -2.09. The minimum absolute atomic E-state index is 0.860. The fourth-order valence-electron chi connectivity index (χ4n) is 2.37. The monoisotopic (exact) mass is 239 g/mol. The van der Waals surface area contributed by atoms with Crippen molar-refractivity contribution in [1.82, 2.24) is 5.32 Å². The molecule has 0 aromatic rings. The van der Waals surface area contributed by atoms with E-state index >= 15 is 0 Å². The zero-order valence-electron chi connectivity index (χ0n) is 12.7. The van der Waals surface area contributed by atoms with Gasteiger partial charge >= 0.3 is 0 Å². The SMILES string of the molecule is CC/C(CCCCC(C)C)=C(/CC)CCNC. The summed E-state index contributed by atoms with van der Waals surface area (Å²) in [5.41, 5.74) is 3.43. The summed E-state index contributed by atoms with van der Waals surface area (Å²) in [6.07, 6.45) is 9.20. The summed E-state index contributed by atoms with van der Waals surface area (Å²) in [6, 6.07) is 0. The highest BCUT2D eigenvalue weighted by Crippen LogP contribution is 2.22. The average Bonchev–Trinajstić information content (AvgIpc) is 2.32. The molecule has 0 saturated carbocycles. The quantitative estimate of drug-likeness (QED) is 0.421. The van der Waals surface area contributed by atoms with Gasteiger partial charge in [0.05, 0.1) is 0 Å². The molecule has 17 heavy (non-hydrogen) atoms. The van der Waals surface area contributed by atoms with Crippen LogP contribution in [0.5, 0.6) is 0 Å². The molecule has 102 valence electrons. The Balaban J connectivity index is 4.11. The van der Waals surface area contributed by atoms with Crippen LogP contribution in [0.2, 0.25) is 0 Å². The fourth-order valence-corrected chi connectivity index (χ4v) is 2.37. The van der Waals surface area contributed by atoms with Crippen molar-refractivity contribution in [3.63, 3.8) is 0 Å². The summed E-state index contributed by atoms with van der Waals surface area (Å²) < 4.78 is 0. The number of allylic oxidation sites excluding steroid dienone is 1. The molecule has 1 nitrogen and oxygen atoms in total. The highest BCUT2D eigenvalue weighted by Gasteiger charge is 2.04. The second-order valence-electron chi connectivity index (χ2n) is 5.41. The molecule has 0 unspecified atom stereocenters. The second-order valence-corrected chi connectivity index (χ2v) is 5.41. The van der Waals surface area contributed by atoms with Crippen molar-refractivity contribution in [3.8, 4) is 0 Å². The van der Waals surface area contributed by atoms with Gasteiger partial charge in [-0.3, -0.25) is 0 Å². The van der Waals surface area contributed by atoms with Crippen molar-refractivity contribution in [1.29, 1.82) is 0 Å². The van der Waals surface area contributed by atoms with Gasteiger partial charge in [0.2, 0.25) is 0 Å². The van der Waals surface area contributed by atoms with Crippen molar-refractivity contribution < 1.29 is 0 Å². The van der Waals surface area contributed by atoms with E-state index in [2.05, 4.69) is 33.0 Å². The van der Waals surface area contributed by atoms with Crippen LogP contribution in [0.3, 0.4) is 0 Å². The molecule has 0 aromatic heterocycles. The molecule has 1 N–H and O–H groups in total. The van der Waals surface area contributed by atoms with Crippen LogP contribution < -0.4 is 5.32 Å². The predicted molar refractivity (Wildman–Crippen MR) is 79.5 cm³/mol. The van der Waals surface area contributed by atoms with Gasteiger partial charge in [0.1, 0.15) is 0 Å². The predicted octanol–water partition coefficient (Wildman–Crippen LogP) is 4.93. The third-order valence-corrected chi connectivity index (χ3v) is 3.54. The molecule has 0 heterocycles. The van der Waals surface area contributed by atoms with E-state index in [1.165, 1.54) is 44.9 Å². The number of rotatable bonds is 10. The van der Waals surface area contributed by atoms with Crippen LogP contribution in [0, 0.1) is 5.92 Å². The summed E-state index contributed by atoms with van der Waals surface area (Å²) in [4.78, 5) is 0. The first-order valence-corrected chi connectivity index (χ1v) is 7.49. The lowest BCUT2D eigenvalue weighted by Gasteiger charge is -2.13. The average molecular weight is 239 g/mol. The molecule has 0 bridgehead atoms.